The second-order valence-corrected chi connectivity index (χ2v) is 4.71. The number of anilines is 1. The first-order valence-electron chi connectivity index (χ1n) is 6.03. The molecule has 1 saturated heterocycles. The van der Waals surface area contributed by atoms with E-state index in [1.165, 1.54) is 0 Å². The van der Waals surface area contributed by atoms with Crippen molar-refractivity contribution in [3.63, 3.8) is 0 Å². The van der Waals surface area contributed by atoms with Gasteiger partial charge in [0.15, 0.2) is 0 Å². The molecule has 1 aliphatic heterocycles. The predicted molar refractivity (Wildman–Crippen MR) is 70.4 cm³/mol. The highest BCUT2D eigenvalue weighted by atomic mass is 35.5. The summed E-state index contributed by atoms with van der Waals surface area (Å²) in [4.78, 5) is 13.7. The number of benzene rings is 1. The van der Waals surface area contributed by atoms with Crippen molar-refractivity contribution in [1.29, 1.82) is 0 Å². The minimum absolute atomic E-state index is 0.254. The normalized spacial score (nSPS) is 15.0. The molecule has 1 aliphatic rings. The zero-order valence-corrected chi connectivity index (χ0v) is 10.5. The zero-order chi connectivity index (χ0) is 12.1. The molecule has 17 heavy (non-hydrogen) atoms. The molecule has 0 unspecified atom stereocenters. The smallest absolute Gasteiger partial charge is 0.224 e. The van der Waals surface area contributed by atoms with E-state index < -0.39 is 0 Å². The molecule has 3 nitrogen and oxygen atoms in total. The fourth-order valence-corrected chi connectivity index (χ4v) is 2.13. The predicted octanol–water partition coefficient (Wildman–Crippen LogP) is 2.76. The first-order chi connectivity index (χ1) is 8.25. The van der Waals surface area contributed by atoms with Crippen molar-refractivity contribution in [3.05, 3.63) is 29.3 Å². The van der Waals surface area contributed by atoms with Gasteiger partial charge in [-0.1, -0.05) is 11.6 Å². The number of hydrogen-bond donors (Lipinski definition) is 1. The van der Waals surface area contributed by atoms with Crippen LogP contribution >= 0.6 is 11.6 Å². The third kappa shape index (κ3) is 3.63. The molecule has 1 aromatic rings. The Bertz CT molecular complexity index is 372. The molecule has 0 spiro atoms. The van der Waals surface area contributed by atoms with Gasteiger partial charge >= 0.3 is 0 Å². The van der Waals surface area contributed by atoms with E-state index in [1.54, 1.807) is 0 Å². The SMILES string of the molecule is O=C(CCNc1ccc(Cl)cc1)N1CCCC1. The lowest BCUT2D eigenvalue weighted by Crippen LogP contribution is -2.29. The number of rotatable bonds is 4. The monoisotopic (exact) mass is 252 g/mol. The van der Waals surface area contributed by atoms with E-state index in [-0.39, 0.29) is 5.91 Å². The van der Waals surface area contributed by atoms with Gasteiger partial charge in [0.1, 0.15) is 0 Å². The summed E-state index contributed by atoms with van der Waals surface area (Å²) in [6.07, 6.45) is 2.86. The van der Waals surface area contributed by atoms with Crippen LogP contribution in [0.4, 0.5) is 5.69 Å². The summed E-state index contributed by atoms with van der Waals surface area (Å²) in [7, 11) is 0. The number of amides is 1. The van der Waals surface area contributed by atoms with Gasteiger partial charge in [-0.3, -0.25) is 4.79 Å². The number of carbonyl (C=O) groups excluding carboxylic acids is 1. The Morgan fingerprint density at radius 3 is 2.53 bits per heavy atom. The molecule has 92 valence electrons. The van der Waals surface area contributed by atoms with Crippen LogP contribution in [0, 0.1) is 0 Å². The second kappa shape index (κ2) is 5.92. The molecule has 0 saturated carbocycles. The number of likely N-dealkylation sites (tertiary alicyclic amines) is 1. The molecule has 0 atom stereocenters. The molecular weight excluding hydrogens is 236 g/mol. The van der Waals surface area contributed by atoms with Crippen molar-refractivity contribution in [2.24, 2.45) is 0 Å². The van der Waals surface area contributed by atoms with E-state index in [4.69, 9.17) is 11.6 Å². The van der Waals surface area contributed by atoms with Crippen LogP contribution in [0.25, 0.3) is 0 Å². The minimum atomic E-state index is 0.254. The number of nitrogens with one attached hydrogen (secondary N) is 1. The molecule has 0 bridgehead atoms. The highest BCUT2D eigenvalue weighted by molar-refractivity contribution is 6.30. The van der Waals surface area contributed by atoms with E-state index in [1.807, 2.05) is 29.2 Å². The molecule has 4 heteroatoms. The number of carbonyl (C=O) groups is 1. The third-order valence-corrected chi connectivity index (χ3v) is 3.22. The zero-order valence-electron chi connectivity index (χ0n) is 9.79. The largest absolute Gasteiger partial charge is 0.385 e. The van der Waals surface area contributed by atoms with Crippen molar-refractivity contribution in [1.82, 2.24) is 4.90 Å². The lowest BCUT2D eigenvalue weighted by atomic mass is 10.3. The Morgan fingerprint density at radius 2 is 1.88 bits per heavy atom. The van der Waals surface area contributed by atoms with Crippen molar-refractivity contribution >= 4 is 23.2 Å². The van der Waals surface area contributed by atoms with E-state index in [0.717, 1.165) is 36.6 Å². The van der Waals surface area contributed by atoms with Crippen LogP contribution < -0.4 is 5.32 Å². The quantitative estimate of drug-likeness (QED) is 0.894. The molecule has 1 aromatic carbocycles. The second-order valence-electron chi connectivity index (χ2n) is 4.27. The third-order valence-electron chi connectivity index (χ3n) is 2.97. The van der Waals surface area contributed by atoms with Gasteiger partial charge in [-0.2, -0.15) is 0 Å². The van der Waals surface area contributed by atoms with Gasteiger partial charge < -0.3 is 10.2 Å². The Labute approximate surface area is 107 Å². The maximum absolute atomic E-state index is 11.8. The summed E-state index contributed by atoms with van der Waals surface area (Å²) in [6, 6.07) is 7.52. The van der Waals surface area contributed by atoms with Crippen LogP contribution in [0.2, 0.25) is 5.02 Å². The van der Waals surface area contributed by atoms with Crippen molar-refractivity contribution in [3.8, 4) is 0 Å². The fourth-order valence-electron chi connectivity index (χ4n) is 2.01. The Morgan fingerprint density at radius 1 is 1.24 bits per heavy atom. The van der Waals surface area contributed by atoms with Crippen LogP contribution in [0.15, 0.2) is 24.3 Å². The number of hydrogen-bond acceptors (Lipinski definition) is 2. The molecule has 1 heterocycles. The molecule has 2 rings (SSSR count). The topological polar surface area (TPSA) is 32.3 Å². The van der Waals surface area contributed by atoms with Crippen LogP contribution in [-0.2, 0) is 4.79 Å². The van der Waals surface area contributed by atoms with Gasteiger partial charge in [-0.15, -0.1) is 0 Å². The summed E-state index contributed by atoms with van der Waals surface area (Å²) in [5.74, 6) is 0.254. The highest BCUT2D eigenvalue weighted by Crippen LogP contribution is 2.13. The standard InChI is InChI=1S/C13H17ClN2O/c14-11-3-5-12(6-4-11)15-8-7-13(17)16-9-1-2-10-16/h3-6,15H,1-2,7-10H2. The molecule has 1 fully saturated rings. The van der Waals surface area contributed by atoms with E-state index in [2.05, 4.69) is 5.32 Å². The van der Waals surface area contributed by atoms with Crippen LogP contribution in [-0.4, -0.2) is 30.4 Å². The Balaban J connectivity index is 1.72. The Hall–Kier alpha value is -1.22. The van der Waals surface area contributed by atoms with Crippen molar-refractivity contribution in [2.75, 3.05) is 25.0 Å². The molecular formula is C13H17ClN2O. The van der Waals surface area contributed by atoms with Crippen LogP contribution in [0.1, 0.15) is 19.3 Å². The van der Waals surface area contributed by atoms with Crippen molar-refractivity contribution < 1.29 is 4.79 Å². The van der Waals surface area contributed by atoms with Gasteiger partial charge in [0.2, 0.25) is 5.91 Å². The average molecular weight is 253 g/mol. The van der Waals surface area contributed by atoms with Gasteiger partial charge in [-0.25, -0.2) is 0 Å². The Kier molecular flexibility index (Phi) is 4.26. The first-order valence-corrected chi connectivity index (χ1v) is 6.41. The summed E-state index contributed by atoms with van der Waals surface area (Å²) in [5.41, 5.74) is 1.00. The first kappa shape index (κ1) is 12.2. The summed E-state index contributed by atoms with van der Waals surface area (Å²) < 4.78 is 0. The molecule has 1 amide bonds. The van der Waals surface area contributed by atoms with E-state index >= 15 is 0 Å². The lowest BCUT2D eigenvalue weighted by Gasteiger charge is -2.15. The summed E-state index contributed by atoms with van der Waals surface area (Å²) in [6.45, 7) is 2.54. The lowest BCUT2D eigenvalue weighted by molar-refractivity contribution is -0.129. The average Bonchev–Trinajstić information content (AvgIpc) is 2.85. The number of halogens is 1. The van der Waals surface area contributed by atoms with Crippen LogP contribution in [0.3, 0.4) is 0 Å². The van der Waals surface area contributed by atoms with Crippen molar-refractivity contribution in [2.45, 2.75) is 19.3 Å². The molecule has 1 N–H and O–H groups in total. The highest BCUT2D eigenvalue weighted by Gasteiger charge is 2.16. The molecule has 0 aromatic heterocycles. The van der Waals surface area contributed by atoms with Gasteiger partial charge in [-0.05, 0) is 37.1 Å². The van der Waals surface area contributed by atoms with Crippen LogP contribution in [0.5, 0.6) is 0 Å². The molecule has 0 aliphatic carbocycles. The van der Waals surface area contributed by atoms with Gasteiger partial charge in [0.05, 0.1) is 0 Å². The minimum Gasteiger partial charge on any atom is -0.385 e. The van der Waals surface area contributed by atoms with Gasteiger partial charge in [0.25, 0.3) is 0 Å². The van der Waals surface area contributed by atoms with E-state index in [0.29, 0.717) is 13.0 Å². The summed E-state index contributed by atoms with van der Waals surface area (Å²) >= 11 is 5.79. The maximum atomic E-state index is 11.8. The summed E-state index contributed by atoms with van der Waals surface area (Å²) in [5, 5.41) is 3.95. The van der Waals surface area contributed by atoms with E-state index in [9.17, 15) is 4.79 Å². The van der Waals surface area contributed by atoms with Gasteiger partial charge in [0, 0.05) is 36.8 Å². The molecule has 0 radical (unpaired) electrons. The fraction of sp³-hybridized carbons (Fsp3) is 0.462. The maximum Gasteiger partial charge on any atom is 0.224 e. The number of nitrogens with zero attached hydrogens (tertiary/aromatic N) is 1.